The van der Waals surface area contributed by atoms with Crippen molar-refractivity contribution >= 4 is 11.7 Å². The van der Waals surface area contributed by atoms with Crippen LogP contribution in [-0.2, 0) is 16.1 Å². The number of carbonyl (C=O) groups excluding carboxylic acids is 1. The lowest BCUT2D eigenvalue weighted by Gasteiger charge is -2.37. The van der Waals surface area contributed by atoms with E-state index >= 15 is 0 Å². The summed E-state index contributed by atoms with van der Waals surface area (Å²) in [5.74, 6) is -0.230. The number of esters is 1. The van der Waals surface area contributed by atoms with Gasteiger partial charge in [0.25, 0.3) is 0 Å². The van der Waals surface area contributed by atoms with Crippen molar-refractivity contribution in [2.45, 2.75) is 51.9 Å². The maximum absolute atomic E-state index is 12.2. The van der Waals surface area contributed by atoms with Crippen LogP contribution in [0, 0.1) is 5.92 Å². The van der Waals surface area contributed by atoms with Gasteiger partial charge in [-0.05, 0) is 51.3 Å². The molecule has 0 saturated carbocycles. The Morgan fingerprint density at radius 3 is 2.50 bits per heavy atom. The Morgan fingerprint density at radius 1 is 1.32 bits per heavy atom. The van der Waals surface area contributed by atoms with Crippen molar-refractivity contribution in [3.63, 3.8) is 0 Å². The molecule has 2 atom stereocenters. The Balaban J connectivity index is 1.90. The molecule has 0 aliphatic carbocycles. The number of rotatable bonds is 3. The SMILES string of the molecule is CC(C)(C)OC(=O)[C@H]1CCN(Cc2ccc(N)cc2)[C@@H](N)C1. The van der Waals surface area contributed by atoms with Gasteiger partial charge in [-0.3, -0.25) is 9.69 Å². The number of carbonyl (C=O) groups is 1. The number of nitrogens with zero attached hydrogens (tertiary/aromatic N) is 1. The minimum absolute atomic E-state index is 0.100. The van der Waals surface area contributed by atoms with Gasteiger partial charge in [-0.2, -0.15) is 0 Å². The summed E-state index contributed by atoms with van der Waals surface area (Å²) in [7, 11) is 0. The first-order valence-corrected chi connectivity index (χ1v) is 7.81. The Bertz CT molecular complexity index is 508. The average molecular weight is 305 g/mol. The van der Waals surface area contributed by atoms with Crippen LogP contribution in [-0.4, -0.2) is 29.2 Å². The fraction of sp³-hybridized carbons (Fsp3) is 0.588. The van der Waals surface area contributed by atoms with E-state index in [-0.39, 0.29) is 18.1 Å². The predicted molar refractivity (Wildman–Crippen MR) is 87.8 cm³/mol. The standard InChI is InChI=1S/C17H27N3O2/c1-17(2,3)22-16(21)13-8-9-20(15(19)10-13)11-12-4-6-14(18)7-5-12/h4-7,13,15H,8-11,18-19H2,1-3H3/t13-,15+/m0/s1. The van der Waals surface area contributed by atoms with Gasteiger partial charge in [0.2, 0.25) is 0 Å². The van der Waals surface area contributed by atoms with E-state index in [1.807, 2.05) is 45.0 Å². The number of hydrogen-bond donors (Lipinski definition) is 2. The Labute approximate surface area is 132 Å². The van der Waals surface area contributed by atoms with E-state index in [1.165, 1.54) is 5.56 Å². The fourth-order valence-corrected chi connectivity index (χ4v) is 2.70. The number of hydrogen-bond acceptors (Lipinski definition) is 5. The van der Waals surface area contributed by atoms with Gasteiger partial charge in [0, 0.05) is 18.8 Å². The van der Waals surface area contributed by atoms with Crippen LogP contribution in [0.1, 0.15) is 39.2 Å². The van der Waals surface area contributed by atoms with Gasteiger partial charge in [0.15, 0.2) is 0 Å². The van der Waals surface area contributed by atoms with Crippen LogP contribution in [0.2, 0.25) is 0 Å². The zero-order valence-electron chi connectivity index (χ0n) is 13.7. The number of benzene rings is 1. The van der Waals surface area contributed by atoms with E-state index < -0.39 is 5.60 Å². The quantitative estimate of drug-likeness (QED) is 0.660. The highest BCUT2D eigenvalue weighted by molar-refractivity contribution is 5.73. The summed E-state index contributed by atoms with van der Waals surface area (Å²) in [5.41, 5.74) is 13.4. The second kappa shape index (κ2) is 6.67. The number of ether oxygens (including phenoxy) is 1. The molecule has 0 radical (unpaired) electrons. The first-order valence-electron chi connectivity index (χ1n) is 7.81. The molecule has 0 aromatic heterocycles. The third-order valence-electron chi connectivity index (χ3n) is 3.87. The van der Waals surface area contributed by atoms with E-state index in [0.29, 0.717) is 6.42 Å². The highest BCUT2D eigenvalue weighted by Gasteiger charge is 2.32. The molecule has 0 amide bonds. The molecule has 0 spiro atoms. The molecule has 2 rings (SSSR count). The summed E-state index contributed by atoms with van der Waals surface area (Å²) < 4.78 is 5.47. The topological polar surface area (TPSA) is 81.6 Å². The lowest BCUT2D eigenvalue weighted by molar-refractivity contribution is -0.162. The molecule has 0 unspecified atom stereocenters. The van der Waals surface area contributed by atoms with Crippen LogP contribution in [0.3, 0.4) is 0 Å². The molecule has 1 aromatic carbocycles. The van der Waals surface area contributed by atoms with E-state index in [9.17, 15) is 4.79 Å². The minimum atomic E-state index is -0.442. The summed E-state index contributed by atoms with van der Waals surface area (Å²) in [6.45, 7) is 7.25. The second-order valence-electron chi connectivity index (χ2n) is 7.03. The van der Waals surface area contributed by atoms with Gasteiger partial charge in [0.05, 0.1) is 12.1 Å². The maximum Gasteiger partial charge on any atom is 0.309 e. The molecule has 4 N–H and O–H groups in total. The van der Waals surface area contributed by atoms with Gasteiger partial charge in [-0.1, -0.05) is 12.1 Å². The molecule has 22 heavy (non-hydrogen) atoms. The summed E-state index contributed by atoms with van der Waals surface area (Å²) in [5, 5.41) is 0. The van der Waals surface area contributed by atoms with Crippen LogP contribution in [0.5, 0.6) is 0 Å². The van der Waals surface area contributed by atoms with Crippen molar-refractivity contribution < 1.29 is 9.53 Å². The normalized spacial score (nSPS) is 23.3. The molecule has 1 aliphatic heterocycles. The molecule has 1 heterocycles. The molecule has 1 aliphatic rings. The van der Waals surface area contributed by atoms with E-state index in [2.05, 4.69) is 4.90 Å². The number of likely N-dealkylation sites (tertiary alicyclic amines) is 1. The van der Waals surface area contributed by atoms with Gasteiger partial charge in [-0.25, -0.2) is 0 Å². The third-order valence-corrected chi connectivity index (χ3v) is 3.87. The molecule has 5 heteroatoms. The molecular formula is C17H27N3O2. The summed E-state index contributed by atoms with van der Waals surface area (Å²) >= 11 is 0. The number of piperidine rings is 1. The molecule has 1 saturated heterocycles. The molecule has 0 bridgehead atoms. The Hall–Kier alpha value is -1.59. The van der Waals surface area contributed by atoms with Crippen LogP contribution in [0.25, 0.3) is 0 Å². The first-order chi connectivity index (χ1) is 10.2. The molecular weight excluding hydrogens is 278 g/mol. The van der Waals surface area contributed by atoms with Gasteiger partial charge < -0.3 is 16.2 Å². The van der Waals surface area contributed by atoms with Crippen LogP contribution in [0.4, 0.5) is 5.69 Å². The lowest BCUT2D eigenvalue weighted by Crippen LogP contribution is -2.49. The third kappa shape index (κ3) is 4.71. The van der Waals surface area contributed by atoms with Crippen molar-refractivity contribution in [2.75, 3.05) is 12.3 Å². The van der Waals surface area contributed by atoms with Crippen molar-refractivity contribution in [1.82, 2.24) is 4.90 Å². The highest BCUT2D eigenvalue weighted by Crippen LogP contribution is 2.25. The van der Waals surface area contributed by atoms with Crippen molar-refractivity contribution in [3.05, 3.63) is 29.8 Å². The Kier molecular flexibility index (Phi) is 5.08. The van der Waals surface area contributed by atoms with Gasteiger partial charge in [-0.15, -0.1) is 0 Å². The fourth-order valence-electron chi connectivity index (χ4n) is 2.70. The van der Waals surface area contributed by atoms with E-state index in [0.717, 1.165) is 25.2 Å². The van der Waals surface area contributed by atoms with Crippen molar-refractivity contribution in [3.8, 4) is 0 Å². The lowest BCUT2D eigenvalue weighted by atomic mass is 9.94. The maximum atomic E-state index is 12.2. The first kappa shape index (κ1) is 16.8. The summed E-state index contributed by atoms with van der Waals surface area (Å²) in [6, 6.07) is 7.83. The predicted octanol–water partition coefficient (Wildman–Crippen LogP) is 2.11. The van der Waals surface area contributed by atoms with Crippen LogP contribution >= 0.6 is 0 Å². The number of nitrogens with two attached hydrogens (primary N) is 2. The van der Waals surface area contributed by atoms with Crippen LogP contribution in [0.15, 0.2) is 24.3 Å². The monoisotopic (exact) mass is 305 g/mol. The Morgan fingerprint density at radius 2 is 1.95 bits per heavy atom. The highest BCUT2D eigenvalue weighted by atomic mass is 16.6. The van der Waals surface area contributed by atoms with E-state index in [1.54, 1.807) is 0 Å². The van der Waals surface area contributed by atoms with Crippen molar-refractivity contribution in [1.29, 1.82) is 0 Å². The average Bonchev–Trinajstić information content (AvgIpc) is 2.41. The molecule has 5 nitrogen and oxygen atoms in total. The summed E-state index contributed by atoms with van der Waals surface area (Å²) in [4.78, 5) is 14.4. The zero-order valence-corrected chi connectivity index (χ0v) is 13.7. The summed E-state index contributed by atoms with van der Waals surface area (Å²) in [6.07, 6.45) is 1.31. The smallest absolute Gasteiger partial charge is 0.309 e. The molecule has 122 valence electrons. The zero-order chi connectivity index (χ0) is 16.3. The van der Waals surface area contributed by atoms with Crippen LogP contribution < -0.4 is 11.5 Å². The number of anilines is 1. The van der Waals surface area contributed by atoms with Gasteiger partial charge >= 0.3 is 5.97 Å². The number of nitrogen functional groups attached to an aromatic ring is 1. The molecule has 1 aromatic rings. The van der Waals surface area contributed by atoms with E-state index in [4.69, 9.17) is 16.2 Å². The minimum Gasteiger partial charge on any atom is -0.460 e. The molecule has 1 fully saturated rings. The van der Waals surface area contributed by atoms with Gasteiger partial charge in [0.1, 0.15) is 5.60 Å². The van der Waals surface area contributed by atoms with Crippen molar-refractivity contribution in [2.24, 2.45) is 11.7 Å². The second-order valence-corrected chi connectivity index (χ2v) is 7.03. The largest absolute Gasteiger partial charge is 0.460 e.